The molecule has 1 saturated heterocycles. The third kappa shape index (κ3) is 4.54. The molecule has 4 nitrogen and oxygen atoms in total. The van der Waals surface area contributed by atoms with E-state index in [0.29, 0.717) is 12.2 Å². The Morgan fingerprint density at radius 3 is 2.59 bits per heavy atom. The highest BCUT2D eigenvalue weighted by Gasteiger charge is 2.35. The zero-order valence-electron chi connectivity index (χ0n) is 16.3. The van der Waals surface area contributed by atoms with Gasteiger partial charge in [0.05, 0.1) is 12.8 Å². The van der Waals surface area contributed by atoms with Crippen molar-refractivity contribution in [3.63, 3.8) is 0 Å². The summed E-state index contributed by atoms with van der Waals surface area (Å²) in [6, 6.07) is 13.1. The van der Waals surface area contributed by atoms with Crippen molar-refractivity contribution in [1.29, 1.82) is 0 Å². The number of hydrogen-bond acceptors (Lipinski definition) is 3. The highest BCUT2D eigenvalue weighted by Crippen LogP contribution is 2.34. The largest absolute Gasteiger partial charge is 0.396 e. The molecule has 1 aromatic heterocycles. The lowest BCUT2D eigenvalue weighted by atomic mass is 9.75. The van der Waals surface area contributed by atoms with Crippen LogP contribution in [0.25, 0.3) is 5.69 Å². The van der Waals surface area contributed by atoms with Gasteiger partial charge in [-0.15, -0.1) is 0 Å². The van der Waals surface area contributed by atoms with E-state index in [1.807, 2.05) is 6.20 Å². The van der Waals surface area contributed by atoms with Gasteiger partial charge in [0.25, 0.3) is 0 Å². The van der Waals surface area contributed by atoms with E-state index < -0.39 is 0 Å². The normalized spacial score (nSPS) is 20.1. The summed E-state index contributed by atoms with van der Waals surface area (Å²) in [4.78, 5) is 2.31. The molecule has 0 radical (unpaired) electrons. The van der Waals surface area contributed by atoms with Crippen LogP contribution in [-0.2, 0) is 13.0 Å². The van der Waals surface area contributed by atoms with Crippen molar-refractivity contribution in [3.05, 3.63) is 83.7 Å². The van der Waals surface area contributed by atoms with Crippen LogP contribution in [0, 0.1) is 17.0 Å². The topological polar surface area (TPSA) is 41.3 Å². The minimum Gasteiger partial charge on any atom is -0.396 e. The van der Waals surface area contributed by atoms with Gasteiger partial charge in [-0.05, 0) is 55.6 Å². The maximum atomic E-state index is 14.0. The maximum Gasteiger partial charge on any atom is 0.148 e. The van der Waals surface area contributed by atoms with Gasteiger partial charge >= 0.3 is 0 Å². The molecule has 1 atom stereocenters. The number of rotatable bonds is 6. The monoisotopic (exact) mass is 397 g/mol. The Kier molecular flexibility index (Phi) is 5.74. The lowest BCUT2D eigenvalue weighted by Gasteiger charge is -2.42. The number of piperidine rings is 1. The van der Waals surface area contributed by atoms with Gasteiger partial charge in [-0.25, -0.2) is 13.5 Å². The second-order valence-electron chi connectivity index (χ2n) is 8.02. The van der Waals surface area contributed by atoms with Crippen LogP contribution in [-0.4, -0.2) is 39.5 Å². The fraction of sp³-hybridized carbons (Fsp3) is 0.348. The van der Waals surface area contributed by atoms with Crippen LogP contribution in [0.2, 0.25) is 0 Å². The van der Waals surface area contributed by atoms with E-state index in [2.05, 4.69) is 10.00 Å². The average molecular weight is 397 g/mol. The second kappa shape index (κ2) is 8.43. The Morgan fingerprint density at radius 1 is 1.03 bits per heavy atom. The van der Waals surface area contributed by atoms with Crippen LogP contribution in [0.1, 0.15) is 24.0 Å². The van der Waals surface area contributed by atoms with E-state index in [1.165, 1.54) is 18.2 Å². The number of para-hydroxylation sites is 1. The number of hydrogen-bond donors (Lipinski definition) is 1. The molecule has 2 aromatic carbocycles. The molecule has 1 aliphatic heterocycles. The number of aliphatic hydroxyl groups excluding tert-OH is 1. The van der Waals surface area contributed by atoms with Gasteiger partial charge in [-0.3, -0.25) is 4.90 Å². The molecular formula is C23H25F2N3O. The van der Waals surface area contributed by atoms with E-state index in [4.69, 9.17) is 0 Å². The zero-order chi connectivity index (χ0) is 20.3. The highest BCUT2D eigenvalue weighted by molar-refractivity contribution is 5.33. The van der Waals surface area contributed by atoms with Crippen molar-refractivity contribution < 1.29 is 13.9 Å². The van der Waals surface area contributed by atoms with Gasteiger partial charge in [-0.2, -0.15) is 5.10 Å². The molecule has 1 aliphatic rings. The van der Waals surface area contributed by atoms with Crippen molar-refractivity contribution in [3.8, 4) is 5.69 Å². The Morgan fingerprint density at radius 2 is 1.83 bits per heavy atom. The molecule has 0 aliphatic carbocycles. The first kappa shape index (κ1) is 19.7. The van der Waals surface area contributed by atoms with Crippen LogP contribution in [0.5, 0.6) is 0 Å². The number of nitrogens with zero attached hydrogens (tertiary/aromatic N) is 3. The Labute approximate surface area is 169 Å². The van der Waals surface area contributed by atoms with E-state index in [-0.39, 0.29) is 23.7 Å². The van der Waals surface area contributed by atoms with Crippen LogP contribution in [0.15, 0.2) is 60.9 Å². The standard InChI is InChI=1S/C23H25F2N3O/c24-20-8-6-18(7-9-20)12-23(17-29)10-3-11-27(16-23)14-19-13-26-28(15-19)22-5-2-1-4-21(22)25/h1-2,4-9,13,15,29H,3,10-12,14,16-17H2. The maximum absolute atomic E-state index is 14.0. The van der Waals surface area contributed by atoms with Gasteiger partial charge in [0.15, 0.2) is 0 Å². The number of aromatic nitrogens is 2. The Bertz CT molecular complexity index is 957. The van der Waals surface area contributed by atoms with Gasteiger partial charge in [0, 0.05) is 30.3 Å². The third-order valence-electron chi connectivity index (χ3n) is 5.71. The van der Waals surface area contributed by atoms with E-state index in [1.54, 1.807) is 41.2 Å². The third-order valence-corrected chi connectivity index (χ3v) is 5.71. The first-order chi connectivity index (χ1) is 14.1. The van der Waals surface area contributed by atoms with E-state index in [9.17, 15) is 13.9 Å². The lowest BCUT2D eigenvalue weighted by molar-refractivity contribution is 0.0288. The predicted molar refractivity (Wildman–Crippen MR) is 108 cm³/mol. The van der Waals surface area contributed by atoms with Crippen molar-refractivity contribution >= 4 is 0 Å². The van der Waals surface area contributed by atoms with Crippen LogP contribution in [0.3, 0.4) is 0 Å². The minimum absolute atomic E-state index is 0.0926. The summed E-state index contributed by atoms with van der Waals surface area (Å²) in [6.45, 7) is 2.48. The fourth-order valence-electron chi connectivity index (χ4n) is 4.28. The number of likely N-dealkylation sites (tertiary alicyclic amines) is 1. The van der Waals surface area contributed by atoms with Crippen molar-refractivity contribution in [2.75, 3.05) is 19.7 Å². The fourth-order valence-corrected chi connectivity index (χ4v) is 4.28. The van der Waals surface area contributed by atoms with Crippen molar-refractivity contribution in [2.45, 2.75) is 25.8 Å². The quantitative estimate of drug-likeness (QED) is 0.684. The summed E-state index contributed by atoms with van der Waals surface area (Å²) >= 11 is 0. The molecule has 4 rings (SSSR count). The van der Waals surface area contributed by atoms with Crippen LogP contribution >= 0.6 is 0 Å². The SMILES string of the molecule is OCC1(Cc2ccc(F)cc2)CCCN(Cc2cnn(-c3ccccc3F)c2)C1. The molecule has 1 unspecified atom stereocenters. The van der Waals surface area contributed by atoms with Gasteiger partial charge < -0.3 is 5.11 Å². The van der Waals surface area contributed by atoms with E-state index >= 15 is 0 Å². The first-order valence-electron chi connectivity index (χ1n) is 9.93. The van der Waals surface area contributed by atoms with Gasteiger partial charge in [-0.1, -0.05) is 24.3 Å². The van der Waals surface area contributed by atoms with Crippen molar-refractivity contribution in [2.24, 2.45) is 5.41 Å². The number of aliphatic hydroxyl groups is 1. The Hall–Kier alpha value is -2.57. The summed E-state index contributed by atoms with van der Waals surface area (Å²) in [7, 11) is 0. The molecule has 152 valence electrons. The molecule has 0 saturated carbocycles. The molecular weight excluding hydrogens is 372 g/mol. The molecule has 1 fully saturated rings. The summed E-state index contributed by atoms with van der Waals surface area (Å²) in [5.41, 5.74) is 2.23. The zero-order valence-corrected chi connectivity index (χ0v) is 16.3. The summed E-state index contributed by atoms with van der Waals surface area (Å²) in [6.07, 6.45) is 6.26. The minimum atomic E-state index is -0.307. The summed E-state index contributed by atoms with van der Waals surface area (Å²) in [5, 5.41) is 14.5. The van der Waals surface area contributed by atoms with Crippen molar-refractivity contribution in [1.82, 2.24) is 14.7 Å². The van der Waals surface area contributed by atoms with Crippen LogP contribution in [0.4, 0.5) is 8.78 Å². The smallest absolute Gasteiger partial charge is 0.148 e. The molecule has 0 spiro atoms. The first-order valence-corrected chi connectivity index (χ1v) is 9.93. The molecule has 2 heterocycles. The van der Waals surface area contributed by atoms with E-state index in [0.717, 1.165) is 43.5 Å². The highest BCUT2D eigenvalue weighted by atomic mass is 19.1. The molecule has 6 heteroatoms. The van der Waals surface area contributed by atoms with Crippen LogP contribution < -0.4 is 0 Å². The molecule has 29 heavy (non-hydrogen) atoms. The lowest BCUT2D eigenvalue weighted by Crippen LogP contribution is -2.46. The molecule has 0 amide bonds. The average Bonchev–Trinajstić information content (AvgIpc) is 3.18. The number of halogens is 2. The summed E-state index contributed by atoms with van der Waals surface area (Å²) < 4.78 is 28.8. The summed E-state index contributed by atoms with van der Waals surface area (Å²) in [5.74, 6) is -0.553. The predicted octanol–water partition coefficient (Wildman–Crippen LogP) is 3.97. The number of benzene rings is 2. The Balaban J connectivity index is 1.45. The second-order valence-corrected chi connectivity index (χ2v) is 8.02. The van der Waals surface area contributed by atoms with Gasteiger partial charge in [0.2, 0.25) is 0 Å². The molecule has 0 bridgehead atoms. The molecule has 1 N–H and O–H groups in total. The van der Waals surface area contributed by atoms with Gasteiger partial charge in [0.1, 0.15) is 17.3 Å². The molecule has 3 aromatic rings.